The van der Waals surface area contributed by atoms with E-state index in [-0.39, 0.29) is 5.41 Å². The maximum Gasteiger partial charge on any atom is 0.0165 e. The molecule has 8 aromatic carbocycles. The van der Waals surface area contributed by atoms with Crippen LogP contribution in [-0.4, -0.2) is 0 Å². The van der Waals surface area contributed by atoms with Crippen molar-refractivity contribution in [3.8, 4) is 33.4 Å². The Kier molecular flexibility index (Phi) is 7.37. The largest absolute Gasteiger partial charge is 0.0622 e. The van der Waals surface area contributed by atoms with Crippen molar-refractivity contribution < 1.29 is 0 Å². The molecule has 244 valence electrons. The second-order valence-corrected chi connectivity index (χ2v) is 14.7. The average molecular weight is 653 g/mol. The smallest absolute Gasteiger partial charge is 0.0165 e. The monoisotopic (exact) mass is 652 g/mol. The van der Waals surface area contributed by atoms with E-state index in [1.807, 2.05) is 0 Å². The molecule has 9 rings (SSSR count). The molecular weight excluding hydrogens is 613 g/mol. The van der Waals surface area contributed by atoms with Gasteiger partial charge in [-0.2, -0.15) is 0 Å². The first-order valence-electron chi connectivity index (χ1n) is 18.0. The van der Waals surface area contributed by atoms with Crippen LogP contribution in [0.4, 0.5) is 0 Å². The Bertz CT molecular complexity index is 2560. The molecule has 0 nitrogen and oxygen atoms in total. The van der Waals surface area contributed by atoms with E-state index < -0.39 is 0 Å². The lowest BCUT2D eigenvalue weighted by Gasteiger charge is -2.26. The number of fused-ring (bicyclic) bond motifs is 3. The first kappa shape index (κ1) is 31.0. The summed E-state index contributed by atoms with van der Waals surface area (Å²) in [7, 11) is 0. The summed E-state index contributed by atoms with van der Waals surface area (Å²) in [6.07, 6.45) is 0. The number of benzene rings is 8. The molecule has 1 aliphatic rings. The van der Waals surface area contributed by atoms with Gasteiger partial charge in [-0.15, -0.1) is 0 Å². The van der Waals surface area contributed by atoms with E-state index in [1.54, 1.807) is 0 Å². The van der Waals surface area contributed by atoms with Gasteiger partial charge in [-0.1, -0.05) is 189 Å². The summed E-state index contributed by atoms with van der Waals surface area (Å²) in [5.74, 6) is 0. The SMILES string of the molecule is Cc1ccc(C2=C(c3ccc(C)cc3)C(C)(C)c3cc(-c4c5ccccc5c(-c5ccc(-c6ccccc6)cc5)c5ccccc45)ccc32)cc1. The normalized spacial score (nSPS) is 13.6. The minimum absolute atomic E-state index is 0.202. The van der Waals surface area contributed by atoms with Crippen molar-refractivity contribution in [3.63, 3.8) is 0 Å². The predicted molar refractivity (Wildman–Crippen MR) is 219 cm³/mol. The van der Waals surface area contributed by atoms with Gasteiger partial charge in [-0.25, -0.2) is 0 Å². The van der Waals surface area contributed by atoms with Gasteiger partial charge in [-0.3, -0.25) is 0 Å². The molecule has 8 aromatic rings. The van der Waals surface area contributed by atoms with Crippen molar-refractivity contribution in [1.82, 2.24) is 0 Å². The van der Waals surface area contributed by atoms with E-state index in [2.05, 4.69) is 198 Å². The third-order valence-electron chi connectivity index (χ3n) is 11.0. The summed E-state index contributed by atoms with van der Waals surface area (Å²) in [5.41, 5.74) is 17.9. The molecule has 0 heteroatoms. The van der Waals surface area contributed by atoms with Crippen LogP contribution in [0.2, 0.25) is 0 Å². The highest BCUT2D eigenvalue weighted by Crippen LogP contribution is 2.54. The second kappa shape index (κ2) is 12.1. The molecule has 0 radical (unpaired) electrons. The molecule has 0 heterocycles. The lowest BCUT2D eigenvalue weighted by atomic mass is 9.77. The molecule has 0 bridgehead atoms. The van der Waals surface area contributed by atoms with Gasteiger partial charge >= 0.3 is 0 Å². The molecular formula is C51H40. The Hall–Kier alpha value is -5.98. The van der Waals surface area contributed by atoms with Crippen LogP contribution in [0, 0.1) is 13.8 Å². The first-order chi connectivity index (χ1) is 24.9. The quantitative estimate of drug-likeness (QED) is 0.162. The number of rotatable bonds is 5. The van der Waals surface area contributed by atoms with Gasteiger partial charge in [0.15, 0.2) is 0 Å². The van der Waals surface area contributed by atoms with Crippen LogP contribution >= 0.6 is 0 Å². The van der Waals surface area contributed by atoms with Crippen LogP contribution in [0.5, 0.6) is 0 Å². The van der Waals surface area contributed by atoms with Crippen molar-refractivity contribution in [2.24, 2.45) is 0 Å². The Morgan fingerprint density at radius 1 is 0.353 bits per heavy atom. The van der Waals surface area contributed by atoms with Gasteiger partial charge in [0.05, 0.1) is 0 Å². The Morgan fingerprint density at radius 2 is 0.765 bits per heavy atom. The molecule has 0 aromatic heterocycles. The Morgan fingerprint density at radius 3 is 1.31 bits per heavy atom. The molecule has 0 N–H and O–H groups in total. The fourth-order valence-electron chi connectivity index (χ4n) is 8.47. The van der Waals surface area contributed by atoms with Gasteiger partial charge in [0.2, 0.25) is 0 Å². The van der Waals surface area contributed by atoms with Gasteiger partial charge in [0, 0.05) is 5.41 Å². The molecule has 0 saturated heterocycles. The zero-order valence-corrected chi connectivity index (χ0v) is 29.7. The maximum absolute atomic E-state index is 2.49. The fourth-order valence-corrected chi connectivity index (χ4v) is 8.47. The van der Waals surface area contributed by atoms with E-state index in [9.17, 15) is 0 Å². The van der Waals surface area contributed by atoms with E-state index in [4.69, 9.17) is 0 Å². The van der Waals surface area contributed by atoms with E-state index >= 15 is 0 Å². The molecule has 0 saturated carbocycles. The highest BCUT2D eigenvalue weighted by atomic mass is 14.4. The van der Waals surface area contributed by atoms with Crippen molar-refractivity contribution in [1.29, 1.82) is 0 Å². The number of hydrogen-bond acceptors (Lipinski definition) is 0. The zero-order chi connectivity index (χ0) is 34.7. The minimum atomic E-state index is -0.202. The van der Waals surface area contributed by atoms with Crippen molar-refractivity contribution in [2.75, 3.05) is 0 Å². The number of aryl methyl sites for hydroxylation is 2. The fraction of sp³-hybridized carbons (Fsp3) is 0.0980. The first-order valence-corrected chi connectivity index (χ1v) is 18.0. The lowest BCUT2D eigenvalue weighted by molar-refractivity contribution is 0.704. The summed E-state index contributed by atoms with van der Waals surface area (Å²) in [5, 5.41) is 5.11. The summed E-state index contributed by atoms with van der Waals surface area (Å²) in [6, 6.07) is 63.1. The van der Waals surface area contributed by atoms with Crippen molar-refractivity contribution >= 4 is 32.7 Å². The van der Waals surface area contributed by atoms with Gasteiger partial charge in [-0.05, 0) is 108 Å². The summed E-state index contributed by atoms with van der Waals surface area (Å²) >= 11 is 0. The number of hydrogen-bond donors (Lipinski definition) is 0. The predicted octanol–water partition coefficient (Wildman–Crippen LogP) is 13.9. The highest BCUT2D eigenvalue weighted by Gasteiger charge is 2.39. The molecule has 0 unspecified atom stereocenters. The van der Waals surface area contributed by atoms with E-state index in [1.165, 1.54) is 99.5 Å². The van der Waals surface area contributed by atoms with Crippen LogP contribution < -0.4 is 0 Å². The molecule has 0 spiro atoms. The van der Waals surface area contributed by atoms with E-state index in [0.717, 1.165) is 0 Å². The van der Waals surface area contributed by atoms with Crippen LogP contribution in [0.3, 0.4) is 0 Å². The molecule has 51 heavy (non-hydrogen) atoms. The third-order valence-corrected chi connectivity index (χ3v) is 11.0. The summed E-state index contributed by atoms with van der Waals surface area (Å²) < 4.78 is 0. The molecule has 0 aliphatic heterocycles. The van der Waals surface area contributed by atoms with Crippen molar-refractivity contribution in [3.05, 3.63) is 203 Å². The molecule has 0 amide bonds. The topological polar surface area (TPSA) is 0 Å². The van der Waals surface area contributed by atoms with Gasteiger partial charge in [0.1, 0.15) is 0 Å². The van der Waals surface area contributed by atoms with Gasteiger partial charge < -0.3 is 0 Å². The standard InChI is InChI=1S/C51H40/c1-33-18-22-38(23-19-33)49-45-31-30-40(32-46(45)51(3,4)50(49)39-24-20-34(2)21-25-39)48-43-16-10-8-14-41(43)47(42-15-9-11-17-44(42)48)37-28-26-36(27-29-37)35-12-6-5-7-13-35/h5-32H,1-4H3. The summed E-state index contributed by atoms with van der Waals surface area (Å²) in [6.45, 7) is 9.14. The van der Waals surface area contributed by atoms with Crippen LogP contribution in [-0.2, 0) is 5.41 Å². The highest BCUT2D eigenvalue weighted by molar-refractivity contribution is 6.21. The lowest BCUT2D eigenvalue weighted by Crippen LogP contribution is -2.16. The molecule has 0 fully saturated rings. The van der Waals surface area contributed by atoms with Crippen LogP contribution in [0.15, 0.2) is 170 Å². The summed E-state index contributed by atoms with van der Waals surface area (Å²) in [4.78, 5) is 0. The molecule has 1 aliphatic carbocycles. The Balaban J connectivity index is 1.25. The van der Waals surface area contributed by atoms with E-state index in [0.29, 0.717) is 0 Å². The van der Waals surface area contributed by atoms with Crippen LogP contribution in [0.25, 0.3) is 66.1 Å². The van der Waals surface area contributed by atoms with Crippen LogP contribution in [0.1, 0.15) is 47.2 Å². The average Bonchev–Trinajstić information content (AvgIpc) is 3.40. The Labute approximate surface area is 301 Å². The third kappa shape index (κ3) is 5.14. The minimum Gasteiger partial charge on any atom is -0.0622 e. The van der Waals surface area contributed by atoms with Gasteiger partial charge in [0.25, 0.3) is 0 Å². The number of allylic oxidation sites excluding steroid dienone is 1. The van der Waals surface area contributed by atoms with Crippen molar-refractivity contribution in [2.45, 2.75) is 33.1 Å². The molecule has 0 atom stereocenters. The second-order valence-electron chi connectivity index (χ2n) is 14.7. The maximum atomic E-state index is 2.49. The zero-order valence-electron chi connectivity index (χ0n) is 29.7.